The number of hydrogen-bond donors (Lipinski definition) is 0. The van der Waals surface area contributed by atoms with E-state index in [4.69, 9.17) is 16.6 Å². The molecular formula is C16H21ClN2S. The van der Waals surface area contributed by atoms with Gasteiger partial charge in [0.2, 0.25) is 0 Å². The van der Waals surface area contributed by atoms with Crippen LogP contribution in [0.5, 0.6) is 0 Å². The van der Waals surface area contributed by atoms with Crippen LogP contribution in [0.1, 0.15) is 43.1 Å². The molecule has 1 heterocycles. The molecule has 2 unspecified atom stereocenters. The highest BCUT2D eigenvalue weighted by Gasteiger charge is 2.26. The summed E-state index contributed by atoms with van der Waals surface area (Å²) in [6.45, 7) is 2.13. The number of halogens is 1. The molecule has 0 bridgehead atoms. The maximum absolute atomic E-state index is 6.16. The summed E-state index contributed by atoms with van der Waals surface area (Å²) in [6, 6.07) is 7.00. The van der Waals surface area contributed by atoms with E-state index in [1.165, 1.54) is 36.8 Å². The second kappa shape index (κ2) is 5.98. The van der Waals surface area contributed by atoms with Crippen LogP contribution in [0.2, 0.25) is 0 Å². The van der Waals surface area contributed by atoms with Crippen LogP contribution in [0.3, 0.4) is 0 Å². The molecule has 2 atom stereocenters. The second-order valence-corrected chi connectivity index (χ2v) is 7.06. The van der Waals surface area contributed by atoms with Gasteiger partial charge < -0.3 is 4.57 Å². The number of hydrogen-bond acceptors (Lipinski definition) is 2. The predicted octanol–water partition coefficient (Wildman–Crippen LogP) is 4.93. The predicted molar refractivity (Wildman–Crippen MR) is 88.8 cm³/mol. The molecule has 2 aromatic rings. The molecule has 1 aromatic heterocycles. The van der Waals surface area contributed by atoms with E-state index < -0.39 is 0 Å². The van der Waals surface area contributed by atoms with Crippen LogP contribution in [-0.2, 0) is 5.88 Å². The van der Waals surface area contributed by atoms with Gasteiger partial charge in [-0.2, -0.15) is 11.8 Å². The number of benzene rings is 1. The highest BCUT2D eigenvalue weighted by atomic mass is 35.5. The van der Waals surface area contributed by atoms with Gasteiger partial charge in [-0.15, -0.1) is 11.6 Å². The largest absolute Gasteiger partial charge is 0.324 e. The Morgan fingerprint density at radius 2 is 2.25 bits per heavy atom. The lowest BCUT2D eigenvalue weighted by molar-refractivity contribution is 0.362. The Hall–Kier alpha value is -0.670. The SMILES string of the molecule is CSC1CCCC(n2c(CCl)nc3c(C)cccc32)C1. The molecule has 3 rings (SSSR count). The molecule has 0 radical (unpaired) electrons. The van der Waals surface area contributed by atoms with Crippen molar-refractivity contribution in [1.82, 2.24) is 9.55 Å². The fraction of sp³-hybridized carbons (Fsp3) is 0.562. The average Bonchev–Trinajstić information content (AvgIpc) is 2.87. The van der Waals surface area contributed by atoms with Crippen molar-refractivity contribution in [3.8, 4) is 0 Å². The van der Waals surface area contributed by atoms with E-state index in [0.29, 0.717) is 11.9 Å². The molecule has 20 heavy (non-hydrogen) atoms. The first kappa shape index (κ1) is 14.3. The average molecular weight is 309 g/mol. The number of nitrogens with zero attached hydrogens (tertiary/aromatic N) is 2. The number of thioether (sulfide) groups is 1. The lowest BCUT2D eigenvalue weighted by Gasteiger charge is -2.30. The number of aryl methyl sites for hydroxylation is 1. The number of fused-ring (bicyclic) bond motifs is 1. The highest BCUT2D eigenvalue weighted by Crippen LogP contribution is 2.37. The van der Waals surface area contributed by atoms with E-state index in [9.17, 15) is 0 Å². The summed E-state index contributed by atoms with van der Waals surface area (Å²) in [7, 11) is 0. The molecule has 1 aliphatic carbocycles. The summed E-state index contributed by atoms with van der Waals surface area (Å²) >= 11 is 8.16. The first-order chi connectivity index (χ1) is 9.74. The summed E-state index contributed by atoms with van der Waals surface area (Å²) in [5.74, 6) is 1.52. The van der Waals surface area contributed by atoms with Crippen LogP contribution >= 0.6 is 23.4 Å². The van der Waals surface area contributed by atoms with Gasteiger partial charge in [0, 0.05) is 11.3 Å². The Kier molecular flexibility index (Phi) is 4.27. The molecule has 0 aliphatic heterocycles. The first-order valence-electron chi connectivity index (χ1n) is 7.29. The van der Waals surface area contributed by atoms with Gasteiger partial charge in [-0.3, -0.25) is 0 Å². The monoisotopic (exact) mass is 308 g/mol. The van der Waals surface area contributed by atoms with Crippen LogP contribution < -0.4 is 0 Å². The molecule has 0 N–H and O–H groups in total. The molecule has 1 fully saturated rings. The minimum atomic E-state index is 0.495. The van der Waals surface area contributed by atoms with Crippen molar-refractivity contribution < 1.29 is 0 Å². The van der Waals surface area contributed by atoms with Crippen molar-refractivity contribution in [1.29, 1.82) is 0 Å². The van der Waals surface area contributed by atoms with Crippen molar-refractivity contribution in [3.63, 3.8) is 0 Å². The smallest absolute Gasteiger partial charge is 0.125 e. The van der Waals surface area contributed by atoms with Crippen molar-refractivity contribution in [2.24, 2.45) is 0 Å². The Labute approximate surface area is 129 Å². The summed E-state index contributed by atoms with van der Waals surface area (Å²) in [5.41, 5.74) is 3.62. The molecule has 1 aliphatic rings. The molecule has 4 heteroatoms. The molecule has 0 spiro atoms. The van der Waals surface area contributed by atoms with Gasteiger partial charge in [-0.25, -0.2) is 4.98 Å². The molecule has 0 amide bonds. The van der Waals surface area contributed by atoms with Gasteiger partial charge in [-0.1, -0.05) is 18.6 Å². The number of alkyl halides is 1. The van der Waals surface area contributed by atoms with E-state index in [1.807, 2.05) is 11.8 Å². The zero-order valence-corrected chi connectivity index (χ0v) is 13.7. The number of rotatable bonds is 3. The highest BCUT2D eigenvalue weighted by molar-refractivity contribution is 7.99. The Morgan fingerprint density at radius 3 is 3.00 bits per heavy atom. The quantitative estimate of drug-likeness (QED) is 0.748. The molecule has 108 valence electrons. The van der Waals surface area contributed by atoms with Crippen molar-refractivity contribution >= 4 is 34.4 Å². The first-order valence-corrected chi connectivity index (χ1v) is 9.12. The summed E-state index contributed by atoms with van der Waals surface area (Å²) in [5, 5.41) is 0.777. The number of para-hydroxylation sites is 1. The van der Waals surface area contributed by atoms with Gasteiger partial charge in [0.25, 0.3) is 0 Å². The van der Waals surface area contributed by atoms with Crippen molar-refractivity contribution in [3.05, 3.63) is 29.6 Å². The van der Waals surface area contributed by atoms with Gasteiger partial charge in [0.05, 0.1) is 16.9 Å². The van der Waals surface area contributed by atoms with E-state index in [0.717, 1.165) is 16.6 Å². The molecule has 1 aromatic carbocycles. The normalized spacial score (nSPS) is 23.4. The maximum Gasteiger partial charge on any atom is 0.125 e. The fourth-order valence-electron chi connectivity index (χ4n) is 3.38. The third kappa shape index (κ3) is 2.46. The Morgan fingerprint density at radius 1 is 1.40 bits per heavy atom. The minimum absolute atomic E-state index is 0.495. The standard InChI is InChI=1S/C16H21ClN2S/c1-11-5-3-8-14-16(11)18-15(10-17)19(14)12-6-4-7-13(9-12)20-2/h3,5,8,12-13H,4,6-7,9-10H2,1-2H3. The van der Waals surface area contributed by atoms with E-state index in [1.54, 1.807) is 0 Å². The van der Waals surface area contributed by atoms with Crippen LogP contribution in [0.15, 0.2) is 18.2 Å². The van der Waals surface area contributed by atoms with Crippen molar-refractivity contribution in [2.45, 2.75) is 49.8 Å². The second-order valence-electron chi connectivity index (χ2n) is 5.65. The van der Waals surface area contributed by atoms with E-state index in [2.05, 4.69) is 35.9 Å². The van der Waals surface area contributed by atoms with Gasteiger partial charge >= 0.3 is 0 Å². The lowest BCUT2D eigenvalue weighted by atomic mass is 9.94. The number of aromatic nitrogens is 2. The molecular weight excluding hydrogens is 288 g/mol. The number of imidazole rings is 1. The molecule has 1 saturated carbocycles. The fourth-order valence-corrected chi connectivity index (χ4v) is 4.38. The molecule has 0 saturated heterocycles. The minimum Gasteiger partial charge on any atom is -0.324 e. The summed E-state index contributed by atoms with van der Waals surface area (Å²) in [4.78, 5) is 4.78. The van der Waals surface area contributed by atoms with Crippen LogP contribution in [-0.4, -0.2) is 21.1 Å². The summed E-state index contributed by atoms with van der Waals surface area (Å²) in [6.07, 6.45) is 7.37. The maximum atomic E-state index is 6.16. The molecule has 2 nitrogen and oxygen atoms in total. The van der Waals surface area contributed by atoms with Crippen molar-refractivity contribution in [2.75, 3.05) is 6.26 Å². The zero-order chi connectivity index (χ0) is 14.1. The van der Waals surface area contributed by atoms with Crippen LogP contribution in [0.4, 0.5) is 0 Å². The Bertz CT molecular complexity index is 608. The Balaban J connectivity index is 2.07. The van der Waals surface area contributed by atoms with Gasteiger partial charge in [0.15, 0.2) is 0 Å². The zero-order valence-electron chi connectivity index (χ0n) is 12.1. The van der Waals surface area contributed by atoms with Crippen LogP contribution in [0.25, 0.3) is 11.0 Å². The van der Waals surface area contributed by atoms with Gasteiger partial charge in [0.1, 0.15) is 5.82 Å². The summed E-state index contributed by atoms with van der Waals surface area (Å²) < 4.78 is 2.41. The van der Waals surface area contributed by atoms with Gasteiger partial charge in [-0.05, 0) is 44.1 Å². The lowest BCUT2D eigenvalue weighted by Crippen LogP contribution is -2.21. The third-order valence-corrected chi connectivity index (χ3v) is 5.75. The topological polar surface area (TPSA) is 17.8 Å². The van der Waals surface area contributed by atoms with Crippen LogP contribution in [0, 0.1) is 6.92 Å². The van der Waals surface area contributed by atoms with E-state index >= 15 is 0 Å². The van der Waals surface area contributed by atoms with E-state index in [-0.39, 0.29) is 0 Å². The third-order valence-electron chi connectivity index (χ3n) is 4.41.